The third kappa shape index (κ3) is 5.85. The minimum atomic E-state index is -0.0401. The lowest BCUT2D eigenvalue weighted by Crippen LogP contribution is -2.36. The predicted molar refractivity (Wildman–Crippen MR) is 149 cm³/mol. The summed E-state index contributed by atoms with van der Waals surface area (Å²) in [5.74, 6) is 1.40. The van der Waals surface area contributed by atoms with Crippen molar-refractivity contribution in [3.05, 3.63) is 71.3 Å². The smallest absolute Gasteiger partial charge is 0.266 e. The molecule has 0 aliphatic carbocycles. The number of rotatable bonds is 9. The van der Waals surface area contributed by atoms with Crippen LogP contribution in [0.15, 0.2) is 65.7 Å². The molecule has 3 aromatic rings. The molecule has 2 aromatic carbocycles. The highest BCUT2D eigenvalue weighted by Crippen LogP contribution is 2.36. The van der Waals surface area contributed by atoms with Gasteiger partial charge in [0.1, 0.15) is 10.1 Å². The predicted octanol–water partition coefficient (Wildman–Crippen LogP) is 6.96. The molecule has 1 fully saturated rings. The van der Waals surface area contributed by atoms with Crippen LogP contribution in [-0.4, -0.2) is 37.6 Å². The van der Waals surface area contributed by atoms with Crippen LogP contribution in [0.4, 0.5) is 0 Å². The van der Waals surface area contributed by atoms with E-state index in [1.165, 1.54) is 11.8 Å². The topological polar surface area (TPSA) is 47.4 Å². The van der Waals surface area contributed by atoms with Crippen molar-refractivity contribution in [1.82, 2.24) is 14.7 Å². The first-order valence-electron chi connectivity index (χ1n) is 12.0. The molecule has 1 amide bonds. The maximum absolute atomic E-state index is 13.1. The summed E-state index contributed by atoms with van der Waals surface area (Å²) in [6.07, 6.45) is 5.74. The lowest BCUT2D eigenvalue weighted by Gasteiger charge is -2.21. The number of nitrogens with zero attached hydrogens (tertiary/aromatic N) is 3. The number of carbonyl (C=O) groups is 1. The lowest BCUT2D eigenvalue weighted by atomic mass is 10.1. The Hall–Kier alpha value is -2.90. The lowest BCUT2D eigenvalue weighted by molar-refractivity contribution is -0.123. The number of thiocarbonyl (C=S) groups is 1. The monoisotopic (exact) mass is 505 g/mol. The summed E-state index contributed by atoms with van der Waals surface area (Å²) in [7, 11) is 0. The van der Waals surface area contributed by atoms with Gasteiger partial charge in [-0.25, -0.2) is 4.68 Å². The van der Waals surface area contributed by atoms with Crippen molar-refractivity contribution in [2.75, 3.05) is 6.61 Å². The van der Waals surface area contributed by atoms with Crippen LogP contribution in [-0.2, 0) is 4.79 Å². The van der Waals surface area contributed by atoms with Crippen molar-refractivity contribution in [2.24, 2.45) is 5.92 Å². The Kier molecular flexibility index (Phi) is 8.08. The highest BCUT2D eigenvalue weighted by molar-refractivity contribution is 8.26. The molecule has 1 saturated heterocycles. The molecule has 1 atom stereocenters. The van der Waals surface area contributed by atoms with E-state index in [4.69, 9.17) is 22.1 Å². The van der Waals surface area contributed by atoms with Gasteiger partial charge in [0.05, 0.1) is 22.9 Å². The first-order chi connectivity index (χ1) is 16.9. The number of para-hydroxylation sites is 1. The third-order valence-corrected chi connectivity index (χ3v) is 7.33. The summed E-state index contributed by atoms with van der Waals surface area (Å²) in [5, 5.41) is 4.89. The minimum absolute atomic E-state index is 0.0401. The number of ether oxygens (including phenoxy) is 1. The van der Waals surface area contributed by atoms with Crippen LogP contribution in [0.25, 0.3) is 23.0 Å². The number of amides is 1. The molecule has 35 heavy (non-hydrogen) atoms. The largest absolute Gasteiger partial charge is 0.494 e. The van der Waals surface area contributed by atoms with Crippen LogP contribution in [0.2, 0.25) is 0 Å². The number of carbonyl (C=O) groups excluding carboxylic acids is 1. The maximum atomic E-state index is 13.1. The average Bonchev–Trinajstić information content (AvgIpc) is 3.40. The van der Waals surface area contributed by atoms with Gasteiger partial charge in [0.2, 0.25) is 0 Å². The van der Waals surface area contributed by atoms with E-state index in [1.807, 2.05) is 78.5 Å². The molecule has 182 valence electrons. The first kappa shape index (κ1) is 25.2. The molecule has 1 aromatic heterocycles. The first-order valence-corrected chi connectivity index (χ1v) is 13.2. The van der Waals surface area contributed by atoms with Gasteiger partial charge in [-0.15, -0.1) is 0 Å². The zero-order valence-electron chi connectivity index (χ0n) is 20.6. The highest BCUT2D eigenvalue weighted by atomic mass is 32.2. The van der Waals surface area contributed by atoms with Gasteiger partial charge in [0.15, 0.2) is 0 Å². The van der Waals surface area contributed by atoms with E-state index in [1.54, 1.807) is 4.90 Å². The molecule has 0 N–H and O–H groups in total. The Balaban J connectivity index is 1.68. The molecule has 1 aliphatic rings. The Morgan fingerprint density at radius 3 is 2.46 bits per heavy atom. The van der Waals surface area contributed by atoms with E-state index in [2.05, 4.69) is 20.8 Å². The number of hydrogen-bond acceptors (Lipinski definition) is 5. The van der Waals surface area contributed by atoms with Crippen LogP contribution in [0.3, 0.4) is 0 Å². The standard InChI is InChI=1S/C28H31N3O2S2/c1-5-20(4)31-27(32)25(35-28(31)34)17-22-18-30(23-9-7-6-8-10-23)29-26(22)21-11-13-24(14-12-21)33-16-15-19(2)3/h6-14,17-20H,5,15-16H2,1-4H3/b25-17+. The molecule has 4 rings (SSSR count). The van der Waals surface area contributed by atoms with Crippen molar-refractivity contribution < 1.29 is 9.53 Å². The molecule has 1 aliphatic heterocycles. The van der Waals surface area contributed by atoms with Gasteiger partial charge >= 0.3 is 0 Å². The number of benzene rings is 2. The van der Waals surface area contributed by atoms with Gasteiger partial charge in [0.25, 0.3) is 5.91 Å². The minimum Gasteiger partial charge on any atom is -0.494 e. The second-order valence-electron chi connectivity index (χ2n) is 9.08. The second-order valence-corrected chi connectivity index (χ2v) is 10.8. The van der Waals surface area contributed by atoms with Crippen LogP contribution in [0, 0.1) is 5.92 Å². The van der Waals surface area contributed by atoms with E-state index >= 15 is 0 Å². The highest BCUT2D eigenvalue weighted by Gasteiger charge is 2.35. The zero-order chi connectivity index (χ0) is 24.9. The summed E-state index contributed by atoms with van der Waals surface area (Å²) >= 11 is 6.87. The van der Waals surface area contributed by atoms with Crippen molar-refractivity contribution in [3.63, 3.8) is 0 Å². The van der Waals surface area contributed by atoms with Gasteiger partial charge in [-0.1, -0.05) is 63.0 Å². The van der Waals surface area contributed by atoms with E-state index in [9.17, 15) is 4.79 Å². The summed E-state index contributed by atoms with van der Waals surface area (Å²) in [5.41, 5.74) is 3.58. The molecule has 0 radical (unpaired) electrons. The van der Waals surface area contributed by atoms with Crippen LogP contribution in [0.5, 0.6) is 5.75 Å². The Labute approximate surface area is 217 Å². The molecule has 2 heterocycles. The molecule has 7 heteroatoms. The van der Waals surface area contributed by atoms with Crippen molar-refractivity contribution >= 4 is 40.3 Å². The summed E-state index contributed by atoms with van der Waals surface area (Å²) < 4.78 is 8.34. The fourth-order valence-electron chi connectivity index (χ4n) is 3.74. The summed E-state index contributed by atoms with van der Waals surface area (Å²) in [4.78, 5) is 15.5. The molecule has 1 unspecified atom stereocenters. The maximum Gasteiger partial charge on any atom is 0.266 e. The Morgan fingerprint density at radius 2 is 1.80 bits per heavy atom. The third-order valence-electron chi connectivity index (χ3n) is 6.00. The Morgan fingerprint density at radius 1 is 1.09 bits per heavy atom. The van der Waals surface area contributed by atoms with Crippen LogP contribution < -0.4 is 4.74 Å². The molecule has 0 bridgehead atoms. The molecule has 5 nitrogen and oxygen atoms in total. The van der Waals surface area contributed by atoms with E-state index in [-0.39, 0.29) is 11.9 Å². The normalized spacial score (nSPS) is 15.9. The quantitative estimate of drug-likeness (QED) is 0.232. The SMILES string of the molecule is CCC(C)N1C(=O)/C(=C\c2cn(-c3ccccc3)nc2-c2ccc(OCCC(C)C)cc2)SC1=S. The van der Waals surface area contributed by atoms with Gasteiger partial charge in [-0.3, -0.25) is 9.69 Å². The van der Waals surface area contributed by atoms with Crippen molar-refractivity contribution in [1.29, 1.82) is 0 Å². The summed E-state index contributed by atoms with van der Waals surface area (Å²) in [6, 6.07) is 18.0. The van der Waals surface area contributed by atoms with Gasteiger partial charge < -0.3 is 4.74 Å². The molecule has 0 spiro atoms. The molecular weight excluding hydrogens is 474 g/mol. The average molecular weight is 506 g/mol. The molecular formula is C28H31N3O2S2. The van der Waals surface area contributed by atoms with Crippen LogP contribution in [0.1, 0.15) is 46.1 Å². The molecule has 0 saturated carbocycles. The zero-order valence-corrected chi connectivity index (χ0v) is 22.2. The van der Waals surface area contributed by atoms with Gasteiger partial charge in [-0.2, -0.15) is 5.10 Å². The summed E-state index contributed by atoms with van der Waals surface area (Å²) in [6.45, 7) is 9.16. The van der Waals surface area contributed by atoms with Gasteiger partial charge in [-0.05, 0) is 68.2 Å². The van der Waals surface area contributed by atoms with E-state index in [0.29, 0.717) is 21.8 Å². The van der Waals surface area contributed by atoms with E-state index in [0.717, 1.165) is 41.1 Å². The Bertz CT molecular complexity index is 1220. The number of hydrogen-bond donors (Lipinski definition) is 0. The van der Waals surface area contributed by atoms with Gasteiger partial charge in [0, 0.05) is 23.4 Å². The van der Waals surface area contributed by atoms with Crippen molar-refractivity contribution in [2.45, 2.75) is 46.6 Å². The fraction of sp³-hybridized carbons (Fsp3) is 0.321. The number of thioether (sulfide) groups is 1. The second kappa shape index (κ2) is 11.2. The van der Waals surface area contributed by atoms with Crippen molar-refractivity contribution in [3.8, 4) is 22.7 Å². The number of aromatic nitrogens is 2. The van der Waals surface area contributed by atoms with Crippen LogP contribution >= 0.6 is 24.0 Å². The van der Waals surface area contributed by atoms with E-state index < -0.39 is 0 Å². The fourth-order valence-corrected chi connectivity index (χ4v) is 5.19.